The summed E-state index contributed by atoms with van der Waals surface area (Å²) in [5.41, 5.74) is 0.425. The molecule has 0 aliphatic heterocycles. The molecule has 0 aromatic carbocycles. The largest absolute Gasteiger partial charge is 0.0882 e. The lowest BCUT2D eigenvalue weighted by Crippen LogP contribution is -2.01. The lowest BCUT2D eigenvalue weighted by Gasteiger charge is -2.13. The first-order valence-electron chi connectivity index (χ1n) is 3.00. The Hall–Kier alpha value is -0.260. The zero-order chi connectivity index (χ0) is 6.62. The molecule has 0 aromatic rings. The highest BCUT2D eigenvalue weighted by Crippen LogP contribution is 2.18. The van der Waals surface area contributed by atoms with E-state index >= 15 is 0 Å². The van der Waals surface area contributed by atoms with Crippen molar-refractivity contribution in [2.45, 2.75) is 27.2 Å². The molecule has 8 heavy (non-hydrogen) atoms. The second kappa shape index (κ2) is 2.91. The SMILES string of the molecule is [CH2]/C=C/CC(C)(C)C. The minimum atomic E-state index is 0.425. The summed E-state index contributed by atoms with van der Waals surface area (Å²) < 4.78 is 0. The molecule has 0 amide bonds. The van der Waals surface area contributed by atoms with Crippen LogP contribution in [0.15, 0.2) is 12.2 Å². The molecule has 0 heteroatoms. The molecular formula is C8H15. The molecule has 0 aliphatic carbocycles. The Morgan fingerprint density at radius 3 is 2.00 bits per heavy atom. The van der Waals surface area contributed by atoms with Crippen LogP contribution < -0.4 is 0 Å². The fraction of sp³-hybridized carbons (Fsp3) is 0.625. The standard InChI is InChI=1S/C8H15/c1-5-6-7-8(2,3)4/h5-6H,1,7H2,2-4H3/b6-5+. The van der Waals surface area contributed by atoms with E-state index in [9.17, 15) is 0 Å². The third-order valence-electron chi connectivity index (χ3n) is 0.897. The van der Waals surface area contributed by atoms with E-state index in [1.54, 1.807) is 0 Å². The summed E-state index contributed by atoms with van der Waals surface area (Å²) in [6, 6.07) is 0. The molecule has 0 fully saturated rings. The van der Waals surface area contributed by atoms with Crippen molar-refractivity contribution in [3.05, 3.63) is 19.1 Å². The number of hydrogen-bond acceptors (Lipinski definition) is 0. The lowest BCUT2D eigenvalue weighted by molar-refractivity contribution is 0.420. The predicted molar refractivity (Wildman–Crippen MR) is 38.6 cm³/mol. The highest BCUT2D eigenvalue weighted by Gasteiger charge is 2.05. The Bertz CT molecular complexity index is 72.5. The predicted octanol–water partition coefficient (Wildman–Crippen LogP) is 2.81. The van der Waals surface area contributed by atoms with Gasteiger partial charge in [-0.3, -0.25) is 0 Å². The third kappa shape index (κ3) is 5.74. The molecule has 0 unspecified atom stereocenters. The van der Waals surface area contributed by atoms with Gasteiger partial charge in [0.25, 0.3) is 0 Å². The van der Waals surface area contributed by atoms with Crippen molar-refractivity contribution in [1.82, 2.24) is 0 Å². The van der Waals surface area contributed by atoms with E-state index in [1.165, 1.54) is 0 Å². The Morgan fingerprint density at radius 1 is 1.38 bits per heavy atom. The molecular weight excluding hydrogens is 96.1 g/mol. The van der Waals surface area contributed by atoms with Crippen molar-refractivity contribution in [3.63, 3.8) is 0 Å². The van der Waals surface area contributed by atoms with Gasteiger partial charge in [0.2, 0.25) is 0 Å². The Balaban J connectivity index is 3.39. The Morgan fingerprint density at radius 2 is 1.88 bits per heavy atom. The topological polar surface area (TPSA) is 0 Å². The maximum Gasteiger partial charge on any atom is -0.0302 e. The van der Waals surface area contributed by atoms with Gasteiger partial charge in [-0.25, -0.2) is 0 Å². The summed E-state index contributed by atoms with van der Waals surface area (Å²) in [6.07, 6.45) is 5.07. The molecule has 1 radical (unpaired) electrons. The number of rotatable bonds is 1. The molecule has 0 aromatic heterocycles. The van der Waals surface area contributed by atoms with Crippen molar-refractivity contribution >= 4 is 0 Å². The normalized spacial score (nSPS) is 13.0. The van der Waals surface area contributed by atoms with Crippen molar-refractivity contribution < 1.29 is 0 Å². The first kappa shape index (κ1) is 7.74. The second-order valence-corrected chi connectivity index (χ2v) is 3.24. The molecule has 0 aliphatic rings. The van der Waals surface area contributed by atoms with Gasteiger partial charge in [0, 0.05) is 0 Å². The summed E-state index contributed by atoms with van der Waals surface area (Å²) in [4.78, 5) is 0. The summed E-state index contributed by atoms with van der Waals surface area (Å²) in [5, 5.41) is 0. The van der Waals surface area contributed by atoms with Gasteiger partial charge in [-0.1, -0.05) is 32.9 Å². The van der Waals surface area contributed by atoms with Gasteiger partial charge in [-0.05, 0) is 18.8 Å². The van der Waals surface area contributed by atoms with Crippen LogP contribution >= 0.6 is 0 Å². The summed E-state index contributed by atoms with van der Waals surface area (Å²) in [6.45, 7) is 10.3. The zero-order valence-corrected chi connectivity index (χ0v) is 6.07. The van der Waals surface area contributed by atoms with E-state index in [0.717, 1.165) is 6.42 Å². The van der Waals surface area contributed by atoms with Gasteiger partial charge in [0.1, 0.15) is 0 Å². The molecule has 0 saturated heterocycles. The molecule has 0 spiro atoms. The van der Waals surface area contributed by atoms with Gasteiger partial charge < -0.3 is 0 Å². The van der Waals surface area contributed by atoms with Crippen LogP contribution in [0.5, 0.6) is 0 Å². The molecule has 0 N–H and O–H groups in total. The average Bonchev–Trinajstić information content (AvgIpc) is 1.59. The monoisotopic (exact) mass is 111 g/mol. The average molecular weight is 111 g/mol. The van der Waals surface area contributed by atoms with Crippen molar-refractivity contribution in [2.24, 2.45) is 5.41 Å². The minimum absolute atomic E-state index is 0.425. The lowest BCUT2D eigenvalue weighted by atomic mass is 9.92. The van der Waals surface area contributed by atoms with Crippen LogP contribution in [0.2, 0.25) is 0 Å². The molecule has 0 heterocycles. The van der Waals surface area contributed by atoms with Crippen molar-refractivity contribution in [3.8, 4) is 0 Å². The Kier molecular flexibility index (Phi) is 2.81. The molecule has 0 nitrogen and oxygen atoms in total. The van der Waals surface area contributed by atoms with Crippen LogP contribution in [-0.2, 0) is 0 Å². The van der Waals surface area contributed by atoms with E-state index in [2.05, 4.69) is 33.8 Å². The van der Waals surface area contributed by atoms with Gasteiger partial charge >= 0.3 is 0 Å². The quantitative estimate of drug-likeness (QED) is 0.488. The van der Waals surface area contributed by atoms with Gasteiger partial charge in [-0.2, -0.15) is 0 Å². The van der Waals surface area contributed by atoms with Crippen molar-refractivity contribution in [2.75, 3.05) is 0 Å². The maximum absolute atomic E-state index is 3.61. The van der Waals surface area contributed by atoms with Crippen LogP contribution in [0.1, 0.15) is 27.2 Å². The minimum Gasteiger partial charge on any atom is -0.0882 e. The molecule has 0 rings (SSSR count). The summed E-state index contributed by atoms with van der Waals surface area (Å²) in [5.74, 6) is 0. The van der Waals surface area contributed by atoms with Crippen LogP contribution in [-0.4, -0.2) is 0 Å². The molecule has 47 valence electrons. The molecule has 0 bridgehead atoms. The van der Waals surface area contributed by atoms with E-state index in [4.69, 9.17) is 0 Å². The third-order valence-corrected chi connectivity index (χ3v) is 0.897. The van der Waals surface area contributed by atoms with Crippen molar-refractivity contribution in [1.29, 1.82) is 0 Å². The maximum atomic E-state index is 3.61. The first-order valence-corrected chi connectivity index (χ1v) is 3.00. The summed E-state index contributed by atoms with van der Waals surface area (Å²) >= 11 is 0. The van der Waals surface area contributed by atoms with E-state index < -0.39 is 0 Å². The van der Waals surface area contributed by atoms with Crippen LogP contribution in [0.4, 0.5) is 0 Å². The van der Waals surface area contributed by atoms with E-state index in [1.807, 2.05) is 6.08 Å². The van der Waals surface area contributed by atoms with Crippen LogP contribution in [0, 0.1) is 12.3 Å². The highest BCUT2D eigenvalue weighted by atomic mass is 14.1. The van der Waals surface area contributed by atoms with Gasteiger partial charge in [0.15, 0.2) is 0 Å². The fourth-order valence-corrected chi connectivity index (χ4v) is 0.437. The van der Waals surface area contributed by atoms with Crippen LogP contribution in [0.25, 0.3) is 0 Å². The zero-order valence-electron chi connectivity index (χ0n) is 6.07. The number of hydrogen-bond donors (Lipinski definition) is 0. The molecule has 0 atom stereocenters. The Labute approximate surface area is 52.6 Å². The highest BCUT2D eigenvalue weighted by molar-refractivity contribution is 4.87. The second-order valence-electron chi connectivity index (χ2n) is 3.24. The van der Waals surface area contributed by atoms with E-state index in [-0.39, 0.29) is 0 Å². The number of allylic oxidation sites excluding steroid dienone is 2. The molecule has 0 saturated carbocycles. The fourth-order valence-electron chi connectivity index (χ4n) is 0.437. The van der Waals surface area contributed by atoms with Gasteiger partial charge in [-0.15, -0.1) is 0 Å². The first-order chi connectivity index (χ1) is 3.56. The van der Waals surface area contributed by atoms with Gasteiger partial charge in [0.05, 0.1) is 0 Å². The smallest absolute Gasteiger partial charge is 0.0302 e. The summed E-state index contributed by atoms with van der Waals surface area (Å²) in [7, 11) is 0. The van der Waals surface area contributed by atoms with Crippen LogP contribution in [0.3, 0.4) is 0 Å². The van der Waals surface area contributed by atoms with E-state index in [0.29, 0.717) is 5.41 Å².